The number of amides is 1. The molecule has 1 aromatic carbocycles. The van der Waals surface area contributed by atoms with Crippen molar-refractivity contribution in [2.75, 3.05) is 18.1 Å². The monoisotopic (exact) mass is 380 g/mol. The number of para-hydroxylation sites is 1. The van der Waals surface area contributed by atoms with Crippen LogP contribution in [0.4, 0.5) is 5.69 Å². The molecule has 28 heavy (non-hydrogen) atoms. The summed E-state index contributed by atoms with van der Waals surface area (Å²) in [6, 6.07) is 14.6. The zero-order valence-electron chi connectivity index (χ0n) is 15.4. The van der Waals surface area contributed by atoms with Crippen LogP contribution in [0.3, 0.4) is 0 Å². The van der Waals surface area contributed by atoms with Gasteiger partial charge in [-0.25, -0.2) is 0 Å². The number of benzene rings is 1. The lowest BCUT2D eigenvalue weighted by Gasteiger charge is -2.20. The third kappa shape index (κ3) is 5.00. The molecule has 0 atom stereocenters. The molecule has 0 aliphatic rings. The third-order valence-electron chi connectivity index (χ3n) is 3.95. The minimum absolute atomic E-state index is 0.0363. The molecule has 0 aliphatic carbocycles. The normalized spacial score (nSPS) is 10.5. The van der Waals surface area contributed by atoms with Gasteiger partial charge in [0.25, 0.3) is 5.91 Å². The van der Waals surface area contributed by atoms with Gasteiger partial charge in [-0.1, -0.05) is 29.4 Å². The van der Waals surface area contributed by atoms with Crippen molar-refractivity contribution in [2.45, 2.75) is 19.8 Å². The fourth-order valence-electron chi connectivity index (χ4n) is 2.57. The van der Waals surface area contributed by atoms with E-state index in [2.05, 4.69) is 15.1 Å². The average Bonchev–Trinajstić information content (AvgIpc) is 3.22. The Bertz CT molecular complexity index is 912. The first-order valence-corrected chi connectivity index (χ1v) is 8.92. The highest BCUT2D eigenvalue weighted by Gasteiger charge is 2.17. The van der Waals surface area contributed by atoms with Crippen LogP contribution in [0.25, 0.3) is 11.5 Å². The number of ether oxygens (including phenoxy) is 1. The number of nitrogens with zero attached hydrogens (tertiary/aromatic N) is 4. The summed E-state index contributed by atoms with van der Waals surface area (Å²) >= 11 is 0. The molecule has 0 aliphatic heterocycles. The first-order valence-electron chi connectivity index (χ1n) is 8.92. The molecule has 8 nitrogen and oxygen atoms in total. The maximum absolute atomic E-state index is 12.3. The Hall–Kier alpha value is -3.55. The Morgan fingerprint density at radius 2 is 1.89 bits per heavy atom. The van der Waals surface area contributed by atoms with Gasteiger partial charge in [0.1, 0.15) is 5.69 Å². The predicted octanol–water partition coefficient (Wildman–Crippen LogP) is 2.66. The maximum Gasteiger partial charge on any atom is 0.306 e. The first-order chi connectivity index (χ1) is 13.7. The molecule has 0 N–H and O–H groups in total. The fourth-order valence-corrected chi connectivity index (χ4v) is 2.57. The maximum atomic E-state index is 12.3. The molecular weight excluding hydrogens is 360 g/mol. The van der Waals surface area contributed by atoms with Crippen LogP contribution >= 0.6 is 0 Å². The Morgan fingerprint density at radius 1 is 1.11 bits per heavy atom. The summed E-state index contributed by atoms with van der Waals surface area (Å²) < 4.78 is 10.2. The van der Waals surface area contributed by atoms with Crippen molar-refractivity contribution < 1.29 is 18.8 Å². The van der Waals surface area contributed by atoms with Gasteiger partial charge in [0.05, 0.1) is 6.42 Å². The van der Waals surface area contributed by atoms with Crippen LogP contribution in [0.2, 0.25) is 0 Å². The van der Waals surface area contributed by atoms with Crippen LogP contribution in [0.5, 0.6) is 0 Å². The molecule has 2 aromatic heterocycles. The zero-order chi connectivity index (χ0) is 19.8. The lowest BCUT2D eigenvalue weighted by Crippen LogP contribution is -2.34. The Morgan fingerprint density at radius 3 is 2.61 bits per heavy atom. The van der Waals surface area contributed by atoms with Gasteiger partial charge in [0.15, 0.2) is 6.61 Å². The SMILES string of the molecule is CCN(C(=O)COC(=O)CCc1nc(-c2ccccn2)no1)c1ccccc1. The average molecular weight is 380 g/mol. The van der Waals surface area contributed by atoms with Crippen LogP contribution in [0, 0.1) is 0 Å². The van der Waals surface area contributed by atoms with Gasteiger partial charge in [-0.3, -0.25) is 14.6 Å². The molecule has 0 saturated heterocycles. The minimum atomic E-state index is -0.505. The fraction of sp³-hybridized carbons (Fsp3) is 0.250. The molecule has 1 amide bonds. The van der Waals surface area contributed by atoms with E-state index in [1.165, 1.54) is 0 Å². The number of esters is 1. The zero-order valence-corrected chi connectivity index (χ0v) is 15.4. The number of carbonyl (C=O) groups excluding carboxylic acids is 2. The first kappa shape index (κ1) is 19.2. The molecule has 0 bridgehead atoms. The molecule has 8 heteroatoms. The number of anilines is 1. The summed E-state index contributed by atoms with van der Waals surface area (Å²) in [5.41, 5.74) is 1.35. The van der Waals surface area contributed by atoms with Gasteiger partial charge in [0, 0.05) is 24.8 Å². The van der Waals surface area contributed by atoms with Crippen molar-refractivity contribution in [3.05, 3.63) is 60.6 Å². The van der Waals surface area contributed by atoms with Gasteiger partial charge in [-0.2, -0.15) is 4.98 Å². The van der Waals surface area contributed by atoms with E-state index in [0.29, 0.717) is 24.0 Å². The molecule has 0 fully saturated rings. The molecule has 0 unspecified atom stereocenters. The van der Waals surface area contributed by atoms with Crippen LogP contribution in [-0.4, -0.2) is 40.2 Å². The number of hydrogen-bond acceptors (Lipinski definition) is 7. The van der Waals surface area contributed by atoms with Gasteiger partial charge >= 0.3 is 5.97 Å². The van der Waals surface area contributed by atoms with E-state index >= 15 is 0 Å². The second-order valence-corrected chi connectivity index (χ2v) is 5.86. The van der Waals surface area contributed by atoms with Gasteiger partial charge in [-0.05, 0) is 31.2 Å². The smallest absolute Gasteiger partial charge is 0.306 e. The number of aryl methyl sites for hydroxylation is 1. The van der Waals surface area contributed by atoms with Crippen molar-refractivity contribution >= 4 is 17.6 Å². The number of aromatic nitrogens is 3. The van der Waals surface area contributed by atoms with Crippen molar-refractivity contribution in [3.8, 4) is 11.5 Å². The molecule has 2 heterocycles. The number of pyridine rings is 1. The van der Waals surface area contributed by atoms with E-state index < -0.39 is 5.97 Å². The van der Waals surface area contributed by atoms with Crippen molar-refractivity contribution in [2.24, 2.45) is 0 Å². The van der Waals surface area contributed by atoms with E-state index in [9.17, 15) is 9.59 Å². The highest BCUT2D eigenvalue weighted by Crippen LogP contribution is 2.14. The molecule has 0 saturated carbocycles. The number of likely N-dealkylation sites (N-methyl/N-ethyl adjacent to an activating group) is 1. The summed E-state index contributed by atoms with van der Waals surface area (Å²) in [5, 5.41) is 3.84. The van der Waals surface area contributed by atoms with Gasteiger partial charge < -0.3 is 14.2 Å². The summed E-state index contributed by atoms with van der Waals surface area (Å²) in [6.45, 7) is 2.03. The van der Waals surface area contributed by atoms with E-state index in [-0.39, 0.29) is 25.4 Å². The van der Waals surface area contributed by atoms with Gasteiger partial charge in [0.2, 0.25) is 11.7 Å². The number of carbonyl (C=O) groups is 2. The molecule has 144 valence electrons. The highest BCUT2D eigenvalue weighted by atomic mass is 16.5. The Labute approximate surface area is 162 Å². The molecule has 0 spiro atoms. The van der Waals surface area contributed by atoms with E-state index in [0.717, 1.165) is 5.69 Å². The topological polar surface area (TPSA) is 98.4 Å². The lowest BCUT2D eigenvalue weighted by atomic mass is 10.3. The van der Waals surface area contributed by atoms with Crippen molar-refractivity contribution in [3.63, 3.8) is 0 Å². The number of rotatable bonds is 8. The largest absolute Gasteiger partial charge is 0.456 e. The molecule has 3 rings (SSSR count). The Balaban J connectivity index is 1.47. The van der Waals surface area contributed by atoms with Crippen molar-refractivity contribution in [1.82, 2.24) is 15.1 Å². The predicted molar refractivity (Wildman–Crippen MR) is 101 cm³/mol. The standard InChI is InChI=1S/C20H20N4O4/c1-2-24(15-8-4-3-5-9-15)18(25)14-27-19(26)12-11-17-22-20(23-28-17)16-10-6-7-13-21-16/h3-10,13H,2,11-12,14H2,1H3. The van der Waals surface area contributed by atoms with Crippen LogP contribution in [0.1, 0.15) is 19.2 Å². The van der Waals surface area contributed by atoms with E-state index in [4.69, 9.17) is 9.26 Å². The summed E-state index contributed by atoms with van der Waals surface area (Å²) in [5.74, 6) is -0.115. The van der Waals surface area contributed by atoms with E-state index in [1.807, 2.05) is 43.3 Å². The molecule has 0 radical (unpaired) electrons. The lowest BCUT2D eigenvalue weighted by molar-refractivity contribution is -0.147. The van der Waals surface area contributed by atoms with Crippen molar-refractivity contribution in [1.29, 1.82) is 0 Å². The van der Waals surface area contributed by atoms with E-state index in [1.54, 1.807) is 23.2 Å². The number of hydrogen-bond donors (Lipinski definition) is 0. The summed E-state index contributed by atoms with van der Waals surface area (Å²) in [7, 11) is 0. The Kier molecular flexibility index (Phi) is 6.46. The highest BCUT2D eigenvalue weighted by molar-refractivity contribution is 5.95. The van der Waals surface area contributed by atoms with Gasteiger partial charge in [-0.15, -0.1) is 0 Å². The second-order valence-electron chi connectivity index (χ2n) is 5.86. The summed E-state index contributed by atoms with van der Waals surface area (Å²) in [4.78, 5) is 34.2. The molecular formula is C20H20N4O4. The third-order valence-corrected chi connectivity index (χ3v) is 3.95. The van der Waals surface area contributed by atoms with Crippen LogP contribution < -0.4 is 4.90 Å². The minimum Gasteiger partial charge on any atom is -0.456 e. The van der Waals surface area contributed by atoms with Crippen LogP contribution in [-0.2, 0) is 20.7 Å². The quantitative estimate of drug-likeness (QED) is 0.554. The summed E-state index contributed by atoms with van der Waals surface area (Å²) in [6.07, 6.45) is 1.90. The second kappa shape index (κ2) is 9.40. The molecule has 3 aromatic rings. The van der Waals surface area contributed by atoms with Crippen LogP contribution in [0.15, 0.2) is 59.3 Å².